The Bertz CT molecular complexity index is 847. The number of nitrogens with one attached hydrogen (secondary N) is 2. The van der Waals surface area contributed by atoms with E-state index in [2.05, 4.69) is 10.0 Å². The van der Waals surface area contributed by atoms with Crippen LogP contribution in [0.2, 0.25) is 0 Å². The molecule has 2 bridgehead atoms. The number of rotatable bonds is 4. The second-order valence-electron chi connectivity index (χ2n) is 9.06. The van der Waals surface area contributed by atoms with Gasteiger partial charge in [0, 0.05) is 23.6 Å². The number of amides is 1. The third kappa shape index (κ3) is 3.07. The lowest BCUT2D eigenvalue weighted by molar-refractivity contribution is -0.117. The number of fused-ring (bicyclic) bond motifs is 3. The molecule has 4 unspecified atom stereocenters. The van der Waals surface area contributed by atoms with Crippen molar-refractivity contribution in [3.8, 4) is 0 Å². The SMILES string of the molecule is CC(NS(=O)(=O)c1ccc2c(c1)C(C)(C)CC(=O)N2)C1CC2CCC1C2. The van der Waals surface area contributed by atoms with Crippen molar-refractivity contribution < 1.29 is 13.2 Å². The number of benzene rings is 1. The first-order chi connectivity index (χ1) is 12.2. The highest BCUT2D eigenvalue weighted by atomic mass is 32.2. The zero-order chi connectivity index (χ0) is 18.7. The number of carbonyl (C=O) groups excluding carboxylic acids is 1. The van der Waals surface area contributed by atoms with Gasteiger partial charge in [0.15, 0.2) is 0 Å². The van der Waals surface area contributed by atoms with Gasteiger partial charge in [0.1, 0.15) is 0 Å². The molecule has 1 amide bonds. The largest absolute Gasteiger partial charge is 0.326 e. The molecule has 4 atom stereocenters. The molecule has 0 aromatic heterocycles. The van der Waals surface area contributed by atoms with Crippen molar-refractivity contribution in [3.63, 3.8) is 0 Å². The normalized spacial score (nSPS) is 30.7. The Morgan fingerprint density at radius 2 is 2.00 bits per heavy atom. The van der Waals surface area contributed by atoms with Gasteiger partial charge in [-0.05, 0) is 67.7 Å². The van der Waals surface area contributed by atoms with E-state index in [0.29, 0.717) is 23.9 Å². The van der Waals surface area contributed by atoms with Crippen molar-refractivity contribution in [2.24, 2.45) is 17.8 Å². The topological polar surface area (TPSA) is 75.3 Å². The van der Waals surface area contributed by atoms with Gasteiger partial charge in [0.25, 0.3) is 0 Å². The minimum Gasteiger partial charge on any atom is -0.326 e. The average Bonchev–Trinajstić information content (AvgIpc) is 3.16. The minimum absolute atomic E-state index is 0.0267. The zero-order valence-corrected chi connectivity index (χ0v) is 16.5. The second-order valence-corrected chi connectivity index (χ2v) is 10.8. The molecule has 5 nitrogen and oxygen atoms in total. The van der Waals surface area contributed by atoms with E-state index in [9.17, 15) is 13.2 Å². The number of hydrogen-bond donors (Lipinski definition) is 2. The number of carbonyl (C=O) groups is 1. The maximum absolute atomic E-state index is 13.0. The summed E-state index contributed by atoms with van der Waals surface area (Å²) in [6, 6.07) is 4.99. The van der Waals surface area contributed by atoms with E-state index in [4.69, 9.17) is 0 Å². The van der Waals surface area contributed by atoms with Crippen molar-refractivity contribution >= 4 is 21.6 Å². The first kappa shape index (κ1) is 18.0. The van der Waals surface area contributed by atoms with Gasteiger partial charge in [-0.15, -0.1) is 0 Å². The fraction of sp³-hybridized carbons (Fsp3) is 0.650. The maximum Gasteiger partial charge on any atom is 0.240 e. The van der Waals surface area contributed by atoms with Crippen molar-refractivity contribution in [2.75, 3.05) is 5.32 Å². The summed E-state index contributed by atoms with van der Waals surface area (Å²) in [5.41, 5.74) is 1.22. The van der Waals surface area contributed by atoms with Crippen LogP contribution in [-0.2, 0) is 20.2 Å². The second kappa shape index (κ2) is 6.06. The predicted octanol–water partition coefficient (Wildman–Crippen LogP) is 3.41. The number of sulfonamides is 1. The van der Waals surface area contributed by atoms with E-state index >= 15 is 0 Å². The summed E-state index contributed by atoms with van der Waals surface area (Å²) in [4.78, 5) is 12.1. The third-order valence-electron chi connectivity index (χ3n) is 6.68. The van der Waals surface area contributed by atoms with Gasteiger partial charge in [0.2, 0.25) is 15.9 Å². The Hall–Kier alpha value is -1.40. The van der Waals surface area contributed by atoms with Crippen LogP contribution in [0.3, 0.4) is 0 Å². The van der Waals surface area contributed by atoms with Crippen LogP contribution in [0, 0.1) is 17.8 Å². The van der Waals surface area contributed by atoms with Crippen LogP contribution in [0.4, 0.5) is 5.69 Å². The van der Waals surface area contributed by atoms with E-state index in [0.717, 1.165) is 17.9 Å². The van der Waals surface area contributed by atoms with Gasteiger partial charge < -0.3 is 5.32 Å². The van der Waals surface area contributed by atoms with Crippen LogP contribution >= 0.6 is 0 Å². The Kier molecular flexibility index (Phi) is 4.19. The minimum atomic E-state index is -3.57. The number of hydrogen-bond acceptors (Lipinski definition) is 3. The Morgan fingerprint density at radius 1 is 1.23 bits per heavy atom. The molecule has 1 aromatic rings. The molecule has 0 saturated heterocycles. The van der Waals surface area contributed by atoms with Gasteiger partial charge >= 0.3 is 0 Å². The van der Waals surface area contributed by atoms with Crippen molar-refractivity contribution in [1.29, 1.82) is 0 Å². The van der Waals surface area contributed by atoms with Crippen LogP contribution in [0.25, 0.3) is 0 Å². The zero-order valence-electron chi connectivity index (χ0n) is 15.7. The summed E-state index contributed by atoms with van der Waals surface area (Å²) < 4.78 is 28.9. The van der Waals surface area contributed by atoms with Crippen LogP contribution < -0.4 is 10.0 Å². The molecule has 2 fully saturated rings. The molecule has 2 N–H and O–H groups in total. The smallest absolute Gasteiger partial charge is 0.240 e. The number of anilines is 1. The fourth-order valence-electron chi connectivity index (χ4n) is 5.36. The van der Waals surface area contributed by atoms with Gasteiger partial charge in [-0.2, -0.15) is 0 Å². The molecule has 1 aliphatic heterocycles. The predicted molar refractivity (Wildman–Crippen MR) is 101 cm³/mol. The average molecular weight is 377 g/mol. The van der Waals surface area contributed by atoms with Crippen LogP contribution in [-0.4, -0.2) is 20.4 Å². The van der Waals surface area contributed by atoms with Gasteiger partial charge in [-0.25, -0.2) is 13.1 Å². The molecular weight excluding hydrogens is 348 g/mol. The molecule has 4 rings (SSSR count). The summed E-state index contributed by atoms with van der Waals surface area (Å²) in [6.07, 6.45) is 5.33. The first-order valence-electron chi connectivity index (χ1n) is 9.62. The first-order valence-corrected chi connectivity index (χ1v) is 11.1. The highest BCUT2D eigenvalue weighted by Crippen LogP contribution is 2.49. The van der Waals surface area contributed by atoms with Crippen LogP contribution in [0.15, 0.2) is 23.1 Å². The lowest BCUT2D eigenvalue weighted by Gasteiger charge is -2.32. The van der Waals surface area contributed by atoms with E-state index in [1.54, 1.807) is 18.2 Å². The van der Waals surface area contributed by atoms with Crippen LogP contribution in [0.5, 0.6) is 0 Å². The summed E-state index contributed by atoms with van der Waals surface area (Å²) >= 11 is 0. The molecule has 3 aliphatic rings. The van der Waals surface area contributed by atoms with Crippen molar-refractivity contribution in [1.82, 2.24) is 4.72 Å². The lowest BCUT2D eigenvalue weighted by Crippen LogP contribution is -2.40. The molecule has 1 aromatic carbocycles. The molecule has 26 heavy (non-hydrogen) atoms. The van der Waals surface area contributed by atoms with E-state index in [1.165, 1.54) is 19.3 Å². The highest BCUT2D eigenvalue weighted by molar-refractivity contribution is 7.89. The van der Waals surface area contributed by atoms with E-state index in [1.807, 2.05) is 20.8 Å². The summed E-state index contributed by atoms with van der Waals surface area (Å²) in [6.45, 7) is 5.96. The molecule has 0 radical (unpaired) electrons. The maximum atomic E-state index is 13.0. The molecule has 2 saturated carbocycles. The Labute approximate surface area is 156 Å². The summed E-state index contributed by atoms with van der Waals surface area (Å²) in [5, 5.41) is 2.84. The quantitative estimate of drug-likeness (QED) is 0.845. The summed E-state index contributed by atoms with van der Waals surface area (Å²) in [5.74, 6) is 1.90. The monoisotopic (exact) mass is 376 g/mol. The Morgan fingerprint density at radius 3 is 2.65 bits per heavy atom. The van der Waals surface area contributed by atoms with Crippen molar-refractivity contribution in [2.45, 2.75) is 69.2 Å². The molecule has 1 heterocycles. The molecule has 142 valence electrons. The van der Waals surface area contributed by atoms with Crippen molar-refractivity contribution in [3.05, 3.63) is 23.8 Å². The van der Waals surface area contributed by atoms with Gasteiger partial charge in [-0.1, -0.05) is 20.3 Å². The van der Waals surface area contributed by atoms with Gasteiger partial charge in [-0.3, -0.25) is 4.79 Å². The van der Waals surface area contributed by atoms with E-state index in [-0.39, 0.29) is 22.3 Å². The van der Waals surface area contributed by atoms with Crippen LogP contribution in [0.1, 0.15) is 58.4 Å². The lowest BCUT2D eigenvalue weighted by atomic mass is 9.78. The Balaban J connectivity index is 1.57. The van der Waals surface area contributed by atoms with Gasteiger partial charge in [0.05, 0.1) is 4.90 Å². The fourth-order valence-corrected chi connectivity index (χ4v) is 6.68. The third-order valence-corrected chi connectivity index (χ3v) is 8.24. The highest BCUT2D eigenvalue weighted by Gasteiger charge is 2.43. The molecular formula is C20H28N2O3S. The van der Waals surface area contributed by atoms with E-state index < -0.39 is 10.0 Å². The molecule has 6 heteroatoms. The summed E-state index contributed by atoms with van der Waals surface area (Å²) in [7, 11) is -3.57. The molecule has 0 spiro atoms. The standard InChI is InChI=1S/C20H28N2O3S/c1-12(16-9-13-4-5-14(16)8-13)22-26(24,25)15-6-7-18-17(10-15)20(2,3)11-19(23)21-18/h6-7,10,12-14,16,22H,4-5,8-9,11H2,1-3H3,(H,21,23). The molecule has 2 aliphatic carbocycles.